The molecule has 0 saturated carbocycles. The van der Waals surface area contributed by atoms with E-state index in [2.05, 4.69) is 0 Å². The number of hydrogen-bond acceptors (Lipinski definition) is 3. The first-order chi connectivity index (χ1) is 7.27. The normalized spacial score (nSPS) is 22.4. The molecule has 0 aromatic carbocycles. The van der Waals surface area contributed by atoms with Crippen LogP contribution in [0.15, 0.2) is 0 Å². The first-order valence-corrected chi connectivity index (χ1v) is 4.99. The van der Waals surface area contributed by atoms with Crippen molar-refractivity contribution in [3.05, 3.63) is 0 Å². The minimum absolute atomic E-state index is 0.154. The predicted octanol–water partition coefficient (Wildman–Crippen LogP) is 0.515. The Hall–Kier alpha value is -0.820. The Bertz CT molecular complexity index is 258. The van der Waals surface area contributed by atoms with Gasteiger partial charge in [-0.2, -0.15) is 13.2 Å². The van der Waals surface area contributed by atoms with Crippen LogP contribution in [0.2, 0.25) is 0 Å². The van der Waals surface area contributed by atoms with Crippen molar-refractivity contribution in [3.8, 4) is 0 Å². The summed E-state index contributed by atoms with van der Waals surface area (Å²) >= 11 is 0. The summed E-state index contributed by atoms with van der Waals surface area (Å²) in [6, 6.07) is 0. The van der Waals surface area contributed by atoms with E-state index in [1.54, 1.807) is 0 Å². The van der Waals surface area contributed by atoms with E-state index in [1.165, 1.54) is 0 Å². The fraction of sp³-hybridized carbons (Fsp3) is 0.889. The smallest absolute Gasteiger partial charge is 0.380 e. The van der Waals surface area contributed by atoms with Crippen LogP contribution in [0.4, 0.5) is 13.2 Å². The third-order valence-corrected chi connectivity index (χ3v) is 2.54. The van der Waals surface area contributed by atoms with Gasteiger partial charge in [0.25, 0.3) is 5.91 Å². The Balaban J connectivity index is 2.75. The average Bonchev–Trinajstić information content (AvgIpc) is 2.42. The number of halogens is 3. The van der Waals surface area contributed by atoms with Crippen molar-refractivity contribution < 1.29 is 22.7 Å². The number of nitrogens with two attached hydrogens (primary N) is 1. The third-order valence-electron chi connectivity index (χ3n) is 2.54. The van der Waals surface area contributed by atoms with Crippen molar-refractivity contribution in [2.45, 2.75) is 25.1 Å². The fourth-order valence-electron chi connectivity index (χ4n) is 1.40. The molecule has 1 aliphatic heterocycles. The van der Waals surface area contributed by atoms with Crippen molar-refractivity contribution in [1.82, 2.24) is 4.90 Å². The summed E-state index contributed by atoms with van der Waals surface area (Å²) in [5, 5.41) is 0. The van der Waals surface area contributed by atoms with Gasteiger partial charge in [-0.3, -0.25) is 4.79 Å². The van der Waals surface area contributed by atoms with Crippen LogP contribution in [0.3, 0.4) is 0 Å². The van der Waals surface area contributed by atoms with Gasteiger partial charge in [0, 0.05) is 19.7 Å². The summed E-state index contributed by atoms with van der Waals surface area (Å²) in [4.78, 5) is 12.8. The number of ether oxygens (including phenoxy) is 1. The Morgan fingerprint density at radius 2 is 1.94 bits per heavy atom. The standard InChI is InChI=1S/C9H15F3N2O2/c1-8(13,9(10,11)12)7(15)14-3-2-5-16-6-4-14/h2-6,13H2,1H3. The summed E-state index contributed by atoms with van der Waals surface area (Å²) < 4.78 is 42.7. The van der Waals surface area contributed by atoms with E-state index in [0.717, 1.165) is 4.90 Å². The zero-order valence-corrected chi connectivity index (χ0v) is 9.01. The van der Waals surface area contributed by atoms with Gasteiger partial charge in [-0.25, -0.2) is 0 Å². The largest absolute Gasteiger partial charge is 0.415 e. The van der Waals surface area contributed by atoms with Gasteiger partial charge in [0.1, 0.15) is 0 Å². The van der Waals surface area contributed by atoms with Crippen molar-refractivity contribution in [3.63, 3.8) is 0 Å². The molecular weight excluding hydrogens is 225 g/mol. The van der Waals surface area contributed by atoms with E-state index < -0.39 is 17.6 Å². The Labute approximate surface area is 91.5 Å². The number of nitrogens with zero attached hydrogens (tertiary/aromatic N) is 1. The summed E-state index contributed by atoms with van der Waals surface area (Å²) in [5.41, 5.74) is 2.24. The van der Waals surface area contributed by atoms with Gasteiger partial charge >= 0.3 is 6.18 Å². The first-order valence-electron chi connectivity index (χ1n) is 4.99. The van der Waals surface area contributed by atoms with Crippen molar-refractivity contribution in [2.24, 2.45) is 5.73 Å². The first kappa shape index (κ1) is 13.2. The van der Waals surface area contributed by atoms with Crippen LogP contribution in [0.1, 0.15) is 13.3 Å². The molecule has 16 heavy (non-hydrogen) atoms. The molecule has 1 fully saturated rings. The quantitative estimate of drug-likeness (QED) is 0.726. The van der Waals surface area contributed by atoms with Crippen LogP contribution >= 0.6 is 0 Å². The van der Waals surface area contributed by atoms with Crippen LogP contribution in [-0.2, 0) is 9.53 Å². The second kappa shape index (κ2) is 4.58. The monoisotopic (exact) mass is 240 g/mol. The molecule has 0 radical (unpaired) electrons. The Kier molecular flexibility index (Phi) is 3.80. The van der Waals surface area contributed by atoms with Crippen molar-refractivity contribution in [2.75, 3.05) is 26.3 Å². The van der Waals surface area contributed by atoms with Gasteiger partial charge in [0.05, 0.1) is 6.61 Å². The molecule has 1 amide bonds. The summed E-state index contributed by atoms with van der Waals surface area (Å²) in [5.74, 6) is -1.09. The molecule has 1 atom stereocenters. The van der Waals surface area contributed by atoms with Crippen LogP contribution in [0.5, 0.6) is 0 Å². The highest BCUT2D eigenvalue weighted by Gasteiger charge is 2.55. The van der Waals surface area contributed by atoms with E-state index >= 15 is 0 Å². The molecule has 0 aromatic rings. The van der Waals surface area contributed by atoms with Gasteiger partial charge in [-0.15, -0.1) is 0 Å². The number of carbonyl (C=O) groups excluding carboxylic acids is 1. The summed E-state index contributed by atoms with van der Waals surface area (Å²) in [6.45, 7) is 1.81. The van der Waals surface area contributed by atoms with Crippen molar-refractivity contribution in [1.29, 1.82) is 0 Å². The SMILES string of the molecule is CC(N)(C(=O)N1CCCOCC1)C(F)(F)F. The molecule has 1 rings (SSSR count). The van der Waals surface area contributed by atoms with Gasteiger partial charge < -0.3 is 15.4 Å². The maximum absolute atomic E-state index is 12.5. The number of alkyl halides is 3. The number of amides is 1. The van der Waals surface area contributed by atoms with E-state index in [4.69, 9.17) is 10.5 Å². The molecule has 4 nitrogen and oxygen atoms in total. The Morgan fingerprint density at radius 1 is 1.31 bits per heavy atom. The molecule has 1 unspecified atom stereocenters. The molecular formula is C9H15F3N2O2. The fourth-order valence-corrected chi connectivity index (χ4v) is 1.40. The molecule has 1 saturated heterocycles. The second-order valence-electron chi connectivity index (χ2n) is 3.96. The van der Waals surface area contributed by atoms with Gasteiger partial charge in [0.2, 0.25) is 0 Å². The topological polar surface area (TPSA) is 55.6 Å². The molecule has 0 spiro atoms. The van der Waals surface area contributed by atoms with E-state index in [0.29, 0.717) is 20.0 Å². The molecule has 94 valence electrons. The van der Waals surface area contributed by atoms with Crippen LogP contribution in [-0.4, -0.2) is 48.8 Å². The van der Waals surface area contributed by atoms with Crippen LogP contribution in [0.25, 0.3) is 0 Å². The lowest BCUT2D eigenvalue weighted by atomic mass is 10.0. The lowest BCUT2D eigenvalue weighted by Gasteiger charge is -2.32. The number of carbonyl (C=O) groups is 1. The maximum Gasteiger partial charge on any atom is 0.415 e. The molecule has 0 bridgehead atoms. The number of rotatable bonds is 1. The molecule has 1 aliphatic rings. The Morgan fingerprint density at radius 3 is 2.50 bits per heavy atom. The molecule has 0 aliphatic carbocycles. The lowest BCUT2D eigenvalue weighted by molar-refractivity contribution is -0.193. The van der Waals surface area contributed by atoms with E-state index in [-0.39, 0.29) is 19.7 Å². The van der Waals surface area contributed by atoms with Crippen molar-refractivity contribution >= 4 is 5.91 Å². The van der Waals surface area contributed by atoms with Crippen LogP contribution in [0, 0.1) is 0 Å². The second-order valence-corrected chi connectivity index (χ2v) is 3.96. The summed E-state index contributed by atoms with van der Waals surface area (Å²) in [7, 11) is 0. The minimum atomic E-state index is -4.74. The highest BCUT2D eigenvalue weighted by atomic mass is 19.4. The van der Waals surface area contributed by atoms with E-state index in [9.17, 15) is 18.0 Å². The maximum atomic E-state index is 12.5. The predicted molar refractivity (Wildman–Crippen MR) is 50.7 cm³/mol. The third kappa shape index (κ3) is 2.65. The molecule has 1 heterocycles. The van der Waals surface area contributed by atoms with Gasteiger partial charge in [0.15, 0.2) is 5.54 Å². The van der Waals surface area contributed by atoms with Gasteiger partial charge in [-0.05, 0) is 13.3 Å². The average molecular weight is 240 g/mol. The molecule has 0 aromatic heterocycles. The van der Waals surface area contributed by atoms with Gasteiger partial charge in [-0.1, -0.05) is 0 Å². The van der Waals surface area contributed by atoms with E-state index in [1.807, 2.05) is 0 Å². The highest BCUT2D eigenvalue weighted by Crippen LogP contribution is 2.29. The minimum Gasteiger partial charge on any atom is -0.380 e. The highest BCUT2D eigenvalue weighted by molar-refractivity contribution is 5.86. The summed E-state index contributed by atoms with van der Waals surface area (Å²) in [6.07, 6.45) is -4.21. The lowest BCUT2D eigenvalue weighted by Crippen LogP contribution is -2.62. The molecule has 7 heteroatoms. The molecule has 2 N–H and O–H groups in total. The van der Waals surface area contributed by atoms with Crippen LogP contribution < -0.4 is 5.73 Å². The zero-order valence-electron chi connectivity index (χ0n) is 9.01. The zero-order chi connectivity index (χ0) is 12.4. The number of hydrogen-bond donors (Lipinski definition) is 1.